The summed E-state index contributed by atoms with van der Waals surface area (Å²) in [4.78, 5) is 0.353. The van der Waals surface area contributed by atoms with E-state index in [0.717, 1.165) is 35.1 Å². The second-order valence-electron chi connectivity index (χ2n) is 7.04. The van der Waals surface area contributed by atoms with Crippen LogP contribution in [0.15, 0.2) is 41.4 Å². The highest BCUT2D eigenvalue weighted by atomic mass is 32.2. The topological polar surface area (TPSA) is 68.9 Å². The number of hydrogen-bond acceptors (Lipinski definition) is 3. The maximum atomic E-state index is 13.0. The number of nitrogens with zero attached hydrogens (tertiary/aromatic N) is 3. The fraction of sp³-hybridized carbons (Fsp3) is 0.421. The minimum Gasteiger partial charge on any atom is -0.347 e. The first-order chi connectivity index (χ1) is 12.5. The van der Waals surface area contributed by atoms with Crippen LogP contribution in [0.3, 0.4) is 0 Å². The van der Waals surface area contributed by atoms with E-state index in [1.54, 1.807) is 0 Å². The zero-order valence-electron chi connectivity index (χ0n) is 15.1. The van der Waals surface area contributed by atoms with E-state index in [-0.39, 0.29) is 6.54 Å². The van der Waals surface area contributed by atoms with E-state index in [0.29, 0.717) is 10.9 Å². The van der Waals surface area contributed by atoms with Gasteiger partial charge in [0.25, 0.3) is 0 Å². The number of para-hydroxylation sites is 1. The largest absolute Gasteiger partial charge is 0.347 e. The molecule has 3 aromatic rings. The molecular formula is C19H24N4O2S. The lowest BCUT2D eigenvalue weighted by Crippen LogP contribution is -2.24. The molecule has 1 fully saturated rings. The van der Waals surface area contributed by atoms with Crippen molar-refractivity contribution in [3.05, 3.63) is 47.9 Å². The van der Waals surface area contributed by atoms with Crippen molar-refractivity contribution >= 4 is 20.9 Å². The van der Waals surface area contributed by atoms with Gasteiger partial charge in [0, 0.05) is 29.8 Å². The molecule has 0 amide bonds. The first kappa shape index (κ1) is 17.3. The first-order valence-electron chi connectivity index (χ1n) is 9.05. The van der Waals surface area contributed by atoms with Crippen molar-refractivity contribution in [3.63, 3.8) is 0 Å². The molecule has 7 heteroatoms. The van der Waals surface area contributed by atoms with Gasteiger partial charge in [0.05, 0.1) is 18.3 Å². The van der Waals surface area contributed by atoms with Gasteiger partial charge in [-0.25, -0.2) is 13.1 Å². The van der Waals surface area contributed by atoms with Crippen LogP contribution in [0, 0.1) is 6.92 Å². The average Bonchev–Trinajstić information content (AvgIpc) is 3.34. The number of rotatable bonds is 5. The van der Waals surface area contributed by atoms with Crippen molar-refractivity contribution in [2.75, 3.05) is 0 Å². The predicted molar refractivity (Wildman–Crippen MR) is 101 cm³/mol. The Morgan fingerprint density at radius 2 is 1.92 bits per heavy atom. The van der Waals surface area contributed by atoms with Crippen molar-refractivity contribution < 1.29 is 8.42 Å². The SMILES string of the molecule is Cc1c(S(=O)(=O)NCc2ccn(C3CCCC3)n2)c2ccccc2n1C. The van der Waals surface area contributed by atoms with Gasteiger partial charge in [-0.15, -0.1) is 0 Å². The molecule has 138 valence electrons. The fourth-order valence-corrected chi connectivity index (χ4v) is 5.38. The third-order valence-electron chi connectivity index (χ3n) is 5.42. The quantitative estimate of drug-likeness (QED) is 0.747. The Morgan fingerprint density at radius 1 is 1.19 bits per heavy atom. The third kappa shape index (κ3) is 2.95. The van der Waals surface area contributed by atoms with Crippen LogP contribution in [-0.4, -0.2) is 22.8 Å². The van der Waals surface area contributed by atoms with E-state index < -0.39 is 10.0 Å². The lowest BCUT2D eigenvalue weighted by Gasteiger charge is -2.09. The van der Waals surface area contributed by atoms with Crippen LogP contribution in [0.25, 0.3) is 10.9 Å². The van der Waals surface area contributed by atoms with Crippen LogP contribution in [-0.2, 0) is 23.6 Å². The first-order valence-corrected chi connectivity index (χ1v) is 10.5. The molecule has 1 saturated carbocycles. The van der Waals surface area contributed by atoms with Crippen LogP contribution in [0.4, 0.5) is 0 Å². The number of fused-ring (bicyclic) bond motifs is 1. The summed E-state index contributed by atoms with van der Waals surface area (Å²) in [5.74, 6) is 0. The van der Waals surface area contributed by atoms with Gasteiger partial charge in [-0.05, 0) is 31.9 Å². The van der Waals surface area contributed by atoms with Gasteiger partial charge in [-0.1, -0.05) is 31.0 Å². The Bertz CT molecular complexity index is 1040. The summed E-state index contributed by atoms with van der Waals surface area (Å²) >= 11 is 0. The average molecular weight is 372 g/mol. The van der Waals surface area contributed by atoms with E-state index in [1.807, 2.05) is 59.7 Å². The maximum absolute atomic E-state index is 13.0. The molecule has 0 saturated heterocycles. The maximum Gasteiger partial charge on any atom is 0.243 e. The Balaban J connectivity index is 1.58. The molecule has 4 rings (SSSR count). The summed E-state index contributed by atoms with van der Waals surface area (Å²) in [5, 5.41) is 5.31. The summed E-state index contributed by atoms with van der Waals surface area (Å²) in [6.07, 6.45) is 6.76. The Labute approximate surface area is 153 Å². The third-order valence-corrected chi connectivity index (χ3v) is 6.99. The summed E-state index contributed by atoms with van der Waals surface area (Å²) in [6.45, 7) is 2.04. The number of aryl methyl sites for hydroxylation is 1. The van der Waals surface area contributed by atoms with Gasteiger partial charge in [0.15, 0.2) is 0 Å². The molecule has 2 heterocycles. The van der Waals surface area contributed by atoms with Crippen molar-refractivity contribution in [2.45, 2.75) is 50.1 Å². The van der Waals surface area contributed by atoms with Crippen LogP contribution in [0.5, 0.6) is 0 Å². The number of sulfonamides is 1. The minimum atomic E-state index is -3.62. The molecule has 0 bridgehead atoms. The van der Waals surface area contributed by atoms with Crippen molar-refractivity contribution in [1.29, 1.82) is 0 Å². The van der Waals surface area contributed by atoms with Gasteiger partial charge in [-0.2, -0.15) is 5.10 Å². The van der Waals surface area contributed by atoms with Gasteiger partial charge in [0.1, 0.15) is 4.90 Å². The second kappa shape index (κ2) is 6.55. The van der Waals surface area contributed by atoms with Crippen molar-refractivity contribution in [1.82, 2.24) is 19.1 Å². The molecule has 26 heavy (non-hydrogen) atoms. The molecule has 0 radical (unpaired) electrons. The van der Waals surface area contributed by atoms with Gasteiger partial charge >= 0.3 is 0 Å². The molecule has 1 aromatic carbocycles. The number of nitrogens with one attached hydrogen (secondary N) is 1. The molecule has 0 spiro atoms. The Morgan fingerprint density at radius 3 is 2.69 bits per heavy atom. The summed E-state index contributed by atoms with van der Waals surface area (Å²) < 4.78 is 32.5. The highest BCUT2D eigenvalue weighted by molar-refractivity contribution is 7.89. The molecule has 0 aliphatic heterocycles. The van der Waals surface area contributed by atoms with Crippen molar-refractivity contribution in [2.24, 2.45) is 7.05 Å². The Hall–Kier alpha value is -2.12. The summed E-state index contributed by atoms with van der Waals surface area (Å²) in [6, 6.07) is 9.93. The highest BCUT2D eigenvalue weighted by Crippen LogP contribution is 2.30. The second-order valence-corrected chi connectivity index (χ2v) is 8.74. The van der Waals surface area contributed by atoms with Crippen LogP contribution in [0.2, 0.25) is 0 Å². The van der Waals surface area contributed by atoms with Gasteiger partial charge in [-0.3, -0.25) is 4.68 Å². The summed E-state index contributed by atoms with van der Waals surface area (Å²) in [5.41, 5.74) is 2.39. The van der Waals surface area contributed by atoms with Crippen LogP contribution < -0.4 is 4.72 Å². The zero-order valence-corrected chi connectivity index (χ0v) is 16.0. The molecule has 1 N–H and O–H groups in total. The highest BCUT2D eigenvalue weighted by Gasteiger charge is 2.24. The Kier molecular flexibility index (Phi) is 4.36. The lowest BCUT2D eigenvalue weighted by molar-refractivity contribution is 0.462. The normalized spacial score (nSPS) is 15.9. The van der Waals surface area contributed by atoms with E-state index >= 15 is 0 Å². The molecule has 0 unspecified atom stereocenters. The molecule has 1 aliphatic rings. The summed E-state index contributed by atoms with van der Waals surface area (Å²) in [7, 11) is -1.74. The molecule has 1 aliphatic carbocycles. The monoisotopic (exact) mass is 372 g/mol. The van der Waals surface area contributed by atoms with Crippen molar-refractivity contribution in [3.8, 4) is 0 Å². The predicted octanol–water partition coefficient (Wildman–Crippen LogP) is 3.28. The van der Waals surface area contributed by atoms with E-state index in [9.17, 15) is 8.42 Å². The number of hydrogen-bond donors (Lipinski definition) is 1. The van der Waals surface area contributed by atoms with Crippen LogP contribution >= 0.6 is 0 Å². The minimum absolute atomic E-state index is 0.199. The van der Waals surface area contributed by atoms with Gasteiger partial charge < -0.3 is 4.57 Å². The standard InChI is InChI=1S/C19H24N4O2S/c1-14-19(17-9-5-6-10-18(17)22(14)2)26(24,25)20-13-15-11-12-23(21-15)16-7-3-4-8-16/h5-6,9-12,16,20H,3-4,7-8,13H2,1-2H3. The molecule has 6 nitrogen and oxygen atoms in total. The lowest BCUT2D eigenvalue weighted by atomic mass is 10.2. The molecule has 2 aromatic heterocycles. The fourth-order valence-electron chi connectivity index (χ4n) is 3.91. The van der Waals surface area contributed by atoms with E-state index in [1.165, 1.54) is 12.8 Å². The number of benzene rings is 1. The zero-order chi connectivity index (χ0) is 18.3. The van der Waals surface area contributed by atoms with E-state index in [2.05, 4.69) is 9.82 Å². The van der Waals surface area contributed by atoms with Crippen LogP contribution in [0.1, 0.15) is 43.1 Å². The van der Waals surface area contributed by atoms with E-state index in [4.69, 9.17) is 0 Å². The molecule has 0 atom stereocenters. The molecular weight excluding hydrogens is 348 g/mol. The number of aromatic nitrogens is 3. The smallest absolute Gasteiger partial charge is 0.243 e. The van der Waals surface area contributed by atoms with Gasteiger partial charge in [0.2, 0.25) is 10.0 Å².